The number of aromatic nitrogens is 2. The van der Waals surface area contributed by atoms with Gasteiger partial charge in [0, 0.05) is 36.2 Å². The van der Waals surface area contributed by atoms with E-state index in [4.69, 9.17) is 4.74 Å². The van der Waals surface area contributed by atoms with Crippen molar-refractivity contribution >= 4 is 28.7 Å². The number of benzene rings is 2. The molecule has 0 atom stereocenters. The smallest absolute Gasteiger partial charge is 0.136 e. The molecule has 0 radical (unpaired) electrons. The van der Waals surface area contributed by atoms with Gasteiger partial charge < -0.3 is 20.3 Å². The summed E-state index contributed by atoms with van der Waals surface area (Å²) in [6.45, 7) is 10.8. The zero-order chi connectivity index (χ0) is 20.6. The molecular weight excluding hydrogens is 362 g/mol. The maximum absolute atomic E-state index is 5.49. The Morgan fingerprint density at radius 3 is 1.79 bits per heavy atom. The minimum absolute atomic E-state index is 0.656. The van der Waals surface area contributed by atoms with Crippen LogP contribution in [0.5, 0.6) is 5.75 Å². The van der Waals surface area contributed by atoms with Crippen molar-refractivity contribution in [1.29, 1.82) is 0 Å². The van der Waals surface area contributed by atoms with E-state index in [9.17, 15) is 0 Å². The van der Waals surface area contributed by atoms with Gasteiger partial charge in [0.15, 0.2) is 0 Å². The number of hydrogen-bond acceptors (Lipinski definition) is 6. The molecule has 0 bridgehead atoms. The molecule has 6 heteroatoms. The van der Waals surface area contributed by atoms with Gasteiger partial charge in [-0.15, -0.1) is 0 Å². The Morgan fingerprint density at radius 1 is 0.793 bits per heavy atom. The highest BCUT2D eigenvalue weighted by molar-refractivity contribution is 5.65. The van der Waals surface area contributed by atoms with Crippen LogP contribution in [0.25, 0.3) is 0 Å². The molecule has 0 aliphatic rings. The Kier molecular flexibility index (Phi) is 6.89. The van der Waals surface area contributed by atoms with E-state index in [0.29, 0.717) is 12.4 Å². The van der Waals surface area contributed by atoms with Crippen LogP contribution in [-0.4, -0.2) is 29.7 Å². The number of aryl methyl sites for hydroxylation is 1. The SMILES string of the molecule is CCOc1ccc(Nc2cc(Nc3ccc(N(CC)CC)cc3)nc(C)n2)cc1. The summed E-state index contributed by atoms with van der Waals surface area (Å²) in [5.41, 5.74) is 3.16. The average molecular weight is 392 g/mol. The first-order valence-electron chi connectivity index (χ1n) is 10.1. The lowest BCUT2D eigenvalue weighted by Crippen LogP contribution is -2.21. The number of anilines is 5. The van der Waals surface area contributed by atoms with Crippen molar-refractivity contribution < 1.29 is 4.74 Å². The molecule has 29 heavy (non-hydrogen) atoms. The highest BCUT2D eigenvalue weighted by Gasteiger charge is 2.05. The quantitative estimate of drug-likeness (QED) is 0.501. The predicted octanol–water partition coefficient (Wildman–Crippen LogP) is 5.52. The lowest BCUT2D eigenvalue weighted by Gasteiger charge is -2.21. The first-order chi connectivity index (χ1) is 14.1. The zero-order valence-electron chi connectivity index (χ0n) is 17.6. The Labute approximate surface area is 173 Å². The molecule has 0 saturated carbocycles. The van der Waals surface area contributed by atoms with Crippen LogP contribution in [0.3, 0.4) is 0 Å². The summed E-state index contributed by atoms with van der Waals surface area (Å²) >= 11 is 0. The minimum atomic E-state index is 0.656. The summed E-state index contributed by atoms with van der Waals surface area (Å²) in [5.74, 6) is 3.04. The Balaban J connectivity index is 1.71. The first kappa shape index (κ1) is 20.5. The molecule has 2 aromatic carbocycles. The molecule has 0 aliphatic carbocycles. The van der Waals surface area contributed by atoms with Gasteiger partial charge in [-0.25, -0.2) is 9.97 Å². The second-order valence-electron chi connectivity index (χ2n) is 6.61. The molecule has 0 saturated heterocycles. The molecule has 0 aliphatic heterocycles. The Hall–Kier alpha value is -3.28. The normalized spacial score (nSPS) is 10.5. The Morgan fingerprint density at radius 2 is 1.31 bits per heavy atom. The van der Waals surface area contributed by atoms with Gasteiger partial charge in [0.25, 0.3) is 0 Å². The van der Waals surface area contributed by atoms with Gasteiger partial charge in [-0.05, 0) is 76.2 Å². The van der Waals surface area contributed by atoms with Crippen molar-refractivity contribution in [3.8, 4) is 5.75 Å². The van der Waals surface area contributed by atoms with Crippen LogP contribution in [0, 0.1) is 6.92 Å². The summed E-state index contributed by atoms with van der Waals surface area (Å²) in [6, 6.07) is 18.1. The second kappa shape index (κ2) is 9.78. The summed E-state index contributed by atoms with van der Waals surface area (Å²) < 4.78 is 5.49. The lowest BCUT2D eigenvalue weighted by atomic mass is 10.2. The molecule has 0 unspecified atom stereocenters. The van der Waals surface area contributed by atoms with Crippen LogP contribution in [0.4, 0.5) is 28.7 Å². The zero-order valence-corrected chi connectivity index (χ0v) is 17.6. The molecule has 6 nitrogen and oxygen atoms in total. The van der Waals surface area contributed by atoms with Crippen molar-refractivity contribution in [1.82, 2.24) is 9.97 Å². The van der Waals surface area contributed by atoms with Crippen LogP contribution in [-0.2, 0) is 0 Å². The highest BCUT2D eigenvalue weighted by Crippen LogP contribution is 2.24. The minimum Gasteiger partial charge on any atom is -0.494 e. The average Bonchev–Trinajstić information content (AvgIpc) is 2.71. The van der Waals surface area contributed by atoms with Crippen LogP contribution in [0.2, 0.25) is 0 Å². The topological polar surface area (TPSA) is 62.3 Å². The van der Waals surface area contributed by atoms with Gasteiger partial charge in [-0.1, -0.05) is 0 Å². The fourth-order valence-corrected chi connectivity index (χ4v) is 3.14. The molecule has 0 amide bonds. The summed E-state index contributed by atoms with van der Waals surface area (Å²) in [6.07, 6.45) is 0. The summed E-state index contributed by atoms with van der Waals surface area (Å²) in [5, 5.41) is 6.70. The van der Waals surface area contributed by atoms with Gasteiger partial charge >= 0.3 is 0 Å². The van der Waals surface area contributed by atoms with Crippen LogP contribution >= 0.6 is 0 Å². The molecule has 1 aromatic heterocycles. The van der Waals surface area contributed by atoms with E-state index < -0.39 is 0 Å². The lowest BCUT2D eigenvalue weighted by molar-refractivity contribution is 0.340. The maximum Gasteiger partial charge on any atom is 0.136 e. The van der Waals surface area contributed by atoms with Crippen LogP contribution in [0.1, 0.15) is 26.6 Å². The van der Waals surface area contributed by atoms with Crippen molar-refractivity contribution in [3.05, 3.63) is 60.4 Å². The van der Waals surface area contributed by atoms with E-state index in [1.807, 2.05) is 44.2 Å². The van der Waals surface area contributed by atoms with E-state index in [2.05, 4.69) is 63.6 Å². The van der Waals surface area contributed by atoms with Gasteiger partial charge in [0.2, 0.25) is 0 Å². The molecular formula is C23H29N5O. The summed E-state index contributed by atoms with van der Waals surface area (Å²) in [7, 11) is 0. The first-order valence-corrected chi connectivity index (χ1v) is 10.1. The van der Waals surface area contributed by atoms with Crippen molar-refractivity contribution in [2.75, 3.05) is 35.2 Å². The number of nitrogens with zero attached hydrogens (tertiary/aromatic N) is 3. The third-order valence-electron chi connectivity index (χ3n) is 4.54. The number of nitrogens with one attached hydrogen (secondary N) is 2. The molecule has 2 N–H and O–H groups in total. The standard InChI is InChI=1S/C23H29N5O/c1-5-28(6-2)20-12-8-18(9-13-20)26-22-16-23(25-17(4)24-22)27-19-10-14-21(15-11-19)29-7-3/h8-16H,5-7H2,1-4H3,(H2,24,25,26,27). The largest absolute Gasteiger partial charge is 0.494 e. The maximum atomic E-state index is 5.49. The molecule has 1 heterocycles. The van der Waals surface area contributed by atoms with E-state index in [-0.39, 0.29) is 0 Å². The number of rotatable bonds is 9. The van der Waals surface area contributed by atoms with E-state index in [1.165, 1.54) is 5.69 Å². The third-order valence-corrected chi connectivity index (χ3v) is 4.54. The fourth-order valence-electron chi connectivity index (χ4n) is 3.14. The van der Waals surface area contributed by atoms with Crippen molar-refractivity contribution in [2.45, 2.75) is 27.7 Å². The van der Waals surface area contributed by atoms with Crippen LogP contribution in [0.15, 0.2) is 54.6 Å². The molecule has 152 valence electrons. The predicted molar refractivity (Wildman–Crippen MR) is 121 cm³/mol. The highest BCUT2D eigenvalue weighted by atomic mass is 16.5. The van der Waals surface area contributed by atoms with E-state index in [0.717, 1.165) is 41.8 Å². The Bertz CT molecular complexity index is 906. The van der Waals surface area contributed by atoms with E-state index in [1.54, 1.807) is 0 Å². The number of ether oxygens (including phenoxy) is 1. The molecule has 3 rings (SSSR count). The molecule has 3 aromatic rings. The van der Waals surface area contributed by atoms with Crippen molar-refractivity contribution in [2.24, 2.45) is 0 Å². The summed E-state index contributed by atoms with van der Waals surface area (Å²) in [4.78, 5) is 11.3. The number of hydrogen-bond donors (Lipinski definition) is 2. The van der Waals surface area contributed by atoms with Crippen LogP contribution < -0.4 is 20.3 Å². The fraction of sp³-hybridized carbons (Fsp3) is 0.304. The van der Waals surface area contributed by atoms with Gasteiger partial charge in [-0.3, -0.25) is 0 Å². The third kappa shape index (κ3) is 5.60. The monoisotopic (exact) mass is 391 g/mol. The van der Waals surface area contributed by atoms with Gasteiger partial charge in [-0.2, -0.15) is 0 Å². The van der Waals surface area contributed by atoms with Gasteiger partial charge in [0.1, 0.15) is 23.2 Å². The van der Waals surface area contributed by atoms with E-state index >= 15 is 0 Å². The molecule has 0 spiro atoms. The van der Waals surface area contributed by atoms with Gasteiger partial charge in [0.05, 0.1) is 6.61 Å². The second-order valence-corrected chi connectivity index (χ2v) is 6.61. The molecule has 0 fully saturated rings. The van der Waals surface area contributed by atoms with Crippen molar-refractivity contribution in [3.63, 3.8) is 0 Å².